The molecule has 0 saturated carbocycles. The third-order valence-corrected chi connectivity index (χ3v) is 0.928. The van der Waals surface area contributed by atoms with E-state index < -0.39 is 0 Å². The molecule has 0 rings (SSSR count). The fourth-order valence-corrected chi connectivity index (χ4v) is 0.398. The van der Waals surface area contributed by atoms with Gasteiger partial charge in [0.1, 0.15) is 0 Å². The first-order chi connectivity index (χ1) is 4.31. The predicted molar refractivity (Wildman–Crippen MR) is 39.2 cm³/mol. The van der Waals surface area contributed by atoms with E-state index in [1.165, 1.54) is 0 Å². The summed E-state index contributed by atoms with van der Waals surface area (Å²) in [4.78, 5) is 3.70. The molecule has 0 aliphatic rings. The van der Waals surface area contributed by atoms with Crippen LogP contribution in [0.4, 0.5) is 0 Å². The number of nitrogens with two attached hydrogens (primary N) is 2. The molecule has 0 aromatic heterocycles. The second-order valence-corrected chi connectivity index (χ2v) is 1.68. The van der Waals surface area contributed by atoms with Crippen LogP contribution in [-0.2, 0) is 0 Å². The molecule has 4 nitrogen and oxygen atoms in total. The van der Waals surface area contributed by atoms with Gasteiger partial charge in [0.2, 0.25) is 0 Å². The second-order valence-electron chi connectivity index (χ2n) is 1.68. The topological polar surface area (TPSA) is 76.4 Å². The smallest absolute Gasteiger partial charge is 0.188 e. The van der Waals surface area contributed by atoms with Gasteiger partial charge in [0.15, 0.2) is 5.96 Å². The Hall–Kier alpha value is -0.770. The van der Waals surface area contributed by atoms with Gasteiger partial charge in [0, 0.05) is 13.6 Å². The van der Waals surface area contributed by atoms with Crippen LogP contribution in [0.3, 0.4) is 0 Å². The second kappa shape index (κ2) is 5.37. The van der Waals surface area contributed by atoms with Crippen LogP contribution in [0.15, 0.2) is 4.99 Å². The lowest BCUT2D eigenvalue weighted by Gasteiger charge is -2.01. The summed E-state index contributed by atoms with van der Waals surface area (Å²) in [6, 6.07) is 0. The molecule has 0 fully saturated rings. The van der Waals surface area contributed by atoms with Crippen LogP contribution in [0, 0.1) is 0 Å². The van der Waals surface area contributed by atoms with Crippen molar-refractivity contribution in [3.05, 3.63) is 0 Å². The van der Waals surface area contributed by atoms with Gasteiger partial charge in [0.25, 0.3) is 0 Å². The van der Waals surface area contributed by atoms with Crippen LogP contribution in [0.25, 0.3) is 0 Å². The minimum atomic E-state index is 0.475. The zero-order valence-electron chi connectivity index (χ0n) is 5.72. The number of rotatable bonds is 3. The molecular formula is C5H14N4. The zero-order valence-corrected chi connectivity index (χ0v) is 5.72. The van der Waals surface area contributed by atoms with Crippen LogP contribution in [0.1, 0.15) is 6.42 Å². The van der Waals surface area contributed by atoms with Crippen molar-refractivity contribution in [1.29, 1.82) is 0 Å². The molecule has 0 saturated heterocycles. The third-order valence-electron chi connectivity index (χ3n) is 0.928. The summed E-state index contributed by atoms with van der Waals surface area (Å²) in [6.45, 7) is 1.49. The molecule has 5 N–H and O–H groups in total. The van der Waals surface area contributed by atoms with Crippen molar-refractivity contribution >= 4 is 5.96 Å². The van der Waals surface area contributed by atoms with Crippen molar-refractivity contribution in [2.45, 2.75) is 6.42 Å². The number of hydrogen-bond acceptors (Lipinski definition) is 2. The molecule has 0 radical (unpaired) electrons. The van der Waals surface area contributed by atoms with Crippen LogP contribution < -0.4 is 16.8 Å². The fraction of sp³-hybridized carbons (Fsp3) is 0.800. The molecule has 0 aromatic carbocycles. The SMILES string of the molecule is CN=C(N)NCCCN. The third kappa shape index (κ3) is 5.10. The van der Waals surface area contributed by atoms with Gasteiger partial charge in [-0.05, 0) is 13.0 Å². The summed E-state index contributed by atoms with van der Waals surface area (Å²) in [6.07, 6.45) is 0.927. The van der Waals surface area contributed by atoms with Gasteiger partial charge in [-0.3, -0.25) is 4.99 Å². The summed E-state index contributed by atoms with van der Waals surface area (Å²) < 4.78 is 0. The quantitative estimate of drug-likeness (QED) is 0.257. The lowest BCUT2D eigenvalue weighted by Crippen LogP contribution is -2.32. The van der Waals surface area contributed by atoms with E-state index in [-0.39, 0.29) is 0 Å². The van der Waals surface area contributed by atoms with Gasteiger partial charge < -0.3 is 16.8 Å². The normalized spacial score (nSPS) is 11.6. The molecule has 54 valence electrons. The van der Waals surface area contributed by atoms with Crippen molar-refractivity contribution in [2.75, 3.05) is 20.1 Å². The summed E-state index contributed by atoms with van der Waals surface area (Å²) in [5.74, 6) is 0.475. The Morgan fingerprint density at radius 1 is 1.67 bits per heavy atom. The highest BCUT2D eigenvalue weighted by atomic mass is 15.1. The highest BCUT2D eigenvalue weighted by molar-refractivity contribution is 5.77. The molecule has 0 aromatic rings. The first-order valence-electron chi connectivity index (χ1n) is 2.97. The summed E-state index contributed by atoms with van der Waals surface area (Å²) in [5, 5.41) is 2.88. The number of guanidine groups is 1. The average Bonchev–Trinajstić information content (AvgIpc) is 1.89. The van der Waals surface area contributed by atoms with E-state index in [1.54, 1.807) is 7.05 Å². The number of nitrogens with one attached hydrogen (secondary N) is 1. The van der Waals surface area contributed by atoms with E-state index in [1.807, 2.05) is 0 Å². The van der Waals surface area contributed by atoms with Crippen LogP contribution in [0.5, 0.6) is 0 Å². The van der Waals surface area contributed by atoms with Gasteiger partial charge in [0.05, 0.1) is 0 Å². The first-order valence-corrected chi connectivity index (χ1v) is 2.97. The van der Waals surface area contributed by atoms with Gasteiger partial charge in [-0.2, -0.15) is 0 Å². The molecule has 4 heteroatoms. The maximum atomic E-state index is 5.31. The Morgan fingerprint density at radius 2 is 2.33 bits per heavy atom. The first kappa shape index (κ1) is 8.23. The minimum absolute atomic E-state index is 0.475. The van der Waals surface area contributed by atoms with E-state index >= 15 is 0 Å². The number of aliphatic imine (C=N–C) groups is 1. The van der Waals surface area contributed by atoms with Gasteiger partial charge in [-0.15, -0.1) is 0 Å². The van der Waals surface area contributed by atoms with Crippen molar-refractivity contribution in [2.24, 2.45) is 16.5 Å². The highest BCUT2D eigenvalue weighted by Gasteiger charge is 1.85. The van der Waals surface area contributed by atoms with E-state index in [0.717, 1.165) is 13.0 Å². The van der Waals surface area contributed by atoms with Crippen molar-refractivity contribution in [3.63, 3.8) is 0 Å². The molecule has 0 atom stereocenters. The molecule has 0 bridgehead atoms. The van der Waals surface area contributed by atoms with Crippen LogP contribution in [0.2, 0.25) is 0 Å². The molecule has 0 heterocycles. The zero-order chi connectivity index (χ0) is 7.11. The Kier molecular flexibility index (Phi) is 4.91. The molecule has 0 amide bonds. The monoisotopic (exact) mass is 130 g/mol. The summed E-state index contributed by atoms with van der Waals surface area (Å²) >= 11 is 0. The Labute approximate surface area is 55.3 Å². The minimum Gasteiger partial charge on any atom is -0.370 e. The lowest BCUT2D eigenvalue weighted by molar-refractivity contribution is 0.779. The molecule has 9 heavy (non-hydrogen) atoms. The maximum absolute atomic E-state index is 5.31. The van der Waals surface area contributed by atoms with Crippen molar-refractivity contribution in [3.8, 4) is 0 Å². The molecule has 0 aliphatic heterocycles. The Bertz CT molecular complexity index is 89.0. The number of nitrogens with zero attached hydrogens (tertiary/aromatic N) is 1. The standard InChI is InChI=1S/C5H14N4/c1-8-5(7)9-4-2-3-6/h2-4,6H2,1H3,(H3,7,8,9). The van der Waals surface area contributed by atoms with Crippen molar-refractivity contribution in [1.82, 2.24) is 5.32 Å². The van der Waals surface area contributed by atoms with E-state index in [2.05, 4.69) is 10.3 Å². The van der Waals surface area contributed by atoms with E-state index in [9.17, 15) is 0 Å². The number of hydrogen-bond donors (Lipinski definition) is 3. The molecular weight excluding hydrogens is 116 g/mol. The molecule has 0 aliphatic carbocycles. The molecule has 0 unspecified atom stereocenters. The van der Waals surface area contributed by atoms with E-state index in [0.29, 0.717) is 12.5 Å². The maximum Gasteiger partial charge on any atom is 0.188 e. The fourth-order valence-electron chi connectivity index (χ4n) is 0.398. The Balaban J connectivity index is 3.07. The largest absolute Gasteiger partial charge is 0.370 e. The predicted octanol–water partition coefficient (Wildman–Crippen LogP) is -1.13. The summed E-state index contributed by atoms with van der Waals surface area (Å²) in [7, 11) is 1.64. The Morgan fingerprint density at radius 3 is 2.78 bits per heavy atom. The van der Waals surface area contributed by atoms with Crippen LogP contribution in [-0.4, -0.2) is 26.1 Å². The lowest BCUT2D eigenvalue weighted by atomic mass is 10.4. The highest BCUT2D eigenvalue weighted by Crippen LogP contribution is 1.67. The van der Waals surface area contributed by atoms with Crippen LogP contribution >= 0.6 is 0 Å². The van der Waals surface area contributed by atoms with E-state index in [4.69, 9.17) is 11.5 Å². The van der Waals surface area contributed by atoms with Gasteiger partial charge >= 0.3 is 0 Å². The molecule has 0 spiro atoms. The van der Waals surface area contributed by atoms with Gasteiger partial charge in [-0.1, -0.05) is 0 Å². The van der Waals surface area contributed by atoms with Gasteiger partial charge in [-0.25, -0.2) is 0 Å². The van der Waals surface area contributed by atoms with Crippen molar-refractivity contribution < 1.29 is 0 Å². The average molecular weight is 130 g/mol. The summed E-state index contributed by atoms with van der Waals surface area (Å²) in [5.41, 5.74) is 10.5.